The summed E-state index contributed by atoms with van der Waals surface area (Å²) in [6.45, 7) is -1.22. The van der Waals surface area contributed by atoms with Gasteiger partial charge in [-0.15, -0.1) is 0 Å². The Bertz CT molecular complexity index is 827. The number of rotatable bonds is 4. The average Bonchev–Trinajstić information content (AvgIpc) is 3.02. The fourth-order valence-corrected chi connectivity index (χ4v) is 2.76. The van der Waals surface area contributed by atoms with E-state index in [0.29, 0.717) is 41.4 Å². The van der Waals surface area contributed by atoms with Crippen LogP contribution in [-0.4, -0.2) is 30.6 Å². The Hall–Kier alpha value is -2.71. The molecule has 132 valence electrons. The van der Waals surface area contributed by atoms with Crippen LogP contribution in [0, 0.1) is 0 Å². The third kappa shape index (κ3) is 2.90. The first-order valence-corrected chi connectivity index (χ1v) is 7.60. The van der Waals surface area contributed by atoms with E-state index in [1.54, 1.807) is 24.3 Å². The summed E-state index contributed by atoms with van der Waals surface area (Å²) in [4.78, 5) is 12.1. The molecule has 9 heteroatoms. The molecule has 1 aliphatic carbocycles. The molecule has 0 bridgehead atoms. The lowest BCUT2D eigenvalue weighted by Gasteiger charge is -2.13. The number of halogens is 3. The number of ether oxygens (including phenoxy) is 2. The van der Waals surface area contributed by atoms with Crippen LogP contribution in [0.25, 0.3) is 11.3 Å². The molecule has 1 fully saturated rings. The number of nitrogens with one attached hydrogen (secondary N) is 1. The predicted molar refractivity (Wildman–Crippen MR) is 78.0 cm³/mol. The SMILES string of the molecule is O=C(NCC(F)(F)F)C1(c2cc(-c3ccc4c(c3)OCO4)on2)CC1. The number of aromatic nitrogens is 1. The fraction of sp³-hybridized carbons (Fsp3) is 0.375. The van der Waals surface area contributed by atoms with Crippen LogP contribution in [0.5, 0.6) is 11.5 Å². The third-order valence-corrected chi connectivity index (χ3v) is 4.29. The molecule has 0 radical (unpaired) electrons. The van der Waals surface area contributed by atoms with E-state index in [1.807, 2.05) is 5.32 Å². The van der Waals surface area contributed by atoms with Crippen molar-refractivity contribution >= 4 is 5.91 Å². The van der Waals surface area contributed by atoms with Crippen LogP contribution < -0.4 is 14.8 Å². The molecule has 2 heterocycles. The third-order valence-electron chi connectivity index (χ3n) is 4.29. The summed E-state index contributed by atoms with van der Waals surface area (Å²) in [6, 6.07) is 6.78. The molecule has 2 aromatic rings. The highest BCUT2D eigenvalue weighted by Gasteiger charge is 2.54. The largest absolute Gasteiger partial charge is 0.454 e. The molecule has 0 atom stereocenters. The molecule has 0 unspecified atom stereocenters. The first kappa shape index (κ1) is 15.8. The summed E-state index contributed by atoms with van der Waals surface area (Å²) >= 11 is 0. The van der Waals surface area contributed by atoms with Crippen LogP contribution in [0.2, 0.25) is 0 Å². The Morgan fingerprint density at radius 1 is 1.20 bits per heavy atom. The second-order valence-corrected chi connectivity index (χ2v) is 6.02. The van der Waals surface area contributed by atoms with Gasteiger partial charge in [0.15, 0.2) is 17.3 Å². The van der Waals surface area contributed by atoms with Crippen LogP contribution in [0.1, 0.15) is 18.5 Å². The summed E-state index contributed by atoms with van der Waals surface area (Å²) < 4.78 is 52.7. The van der Waals surface area contributed by atoms with Gasteiger partial charge in [0.05, 0.1) is 11.1 Å². The van der Waals surface area contributed by atoms with Crippen LogP contribution in [0.4, 0.5) is 13.2 Å². The molecule has 6 nitrogen and oxygen atoms in total. The predicted octanol–water partition coefficient (Wildman–Crippen LogP) is 2.78. The zero-order valence-electron chi connectivity index (χ0n) is 12.9. The number of hydrogen-bond donors (Lipinski definition) is 1. The Balaban J connectivity index is 1.54. The van der Waals surface area contributed by atoms with Gasteiger partial charge in [-0.3, -0.25) is 4.79 Å². The topological polar surface area (TPSA) is 73.6 Å². The van der Waals surface area contributed by atoms with E-state index >= 15 is 0 Å². The molecule has 0 saturated heterocycles. The summed E-state index contributed by atoms with van der Waals surface area (Å²) in [5.41, 5.74) is -0.0297. The van der Waals surface area contributed by atoms with Crippen molar-refractivity contribution in [2.75, 3.05) is 13.3 Å². The van der Waals surface area contributed by atoms with Gasteiger partial charge in [-0.2, -0.15) is 13.2 Å². The first-order chi connectivity index (χ1) is 11.9. The maximum absolute atomic E-state index is 12.3. The Morgan fingerprint density at radius 3 is 2.68 bits per heavy atom. The van der Waals surface area contributed by atoms with Crippen molar-refractivity contribution in [2.24, 2.45) is 0 Å². The Morgan fingerprint density at radius 2 is 1.96 bits per heavy atom. The van der Waals surface area contributed by atoms with Crippen molar-refractivity contribution in [1.29, 1.82) is 0 Å². The molecule has 25 heavy (non-hydrogen) atoms. The Labute approximate surface area is 139 Å². The van der Waals surface area contributed by atoms with E-state index in [9.17, 15) is 18.0 Å². The van der Waals surface area contributed by atoms with Crippen molar-refractivity contribution in [3.8, 4) is 22.8 Å². The standard InChI is InChI=1S/C16H13F3N2O4/c17-16(18,19)7-20-14(22)15(3-4-15)13-6-11(25-21-13)9-1-2-10-12(5-9)24-8-23-10/h1-2,5-6H,3-4,7-8H2,(H,20,22). The van der Waals surface area contributed by atoms with Crippen molar-refractivity contribution in [1.82, 2.24) is 10.5 Å². The number of carbonyl (C=O) groups excluding carboxylic acids is 1. The lowest BCUT2D eigenvalue weighted by atomic mass is 10.0. The minimum Gasteiger partial charge on any atom is -0.454 e. The van der Waals surface area contributed by atoms with Crippen LogP contribution >= 0.6 is 0 Å². The highest BCUT2D eigenvalue weighted by atomic mass is 19.4. The van der Waals surface area contributed by atoms with E-state index in [0.717, 1.165) is 0 Å². The molecule has 1 aliphatic heterocycles. The fourth-order valence-electron chi connectivity index (χ4n) is 2.76. The van der Waals surface area contributed by atoms with Gasteiger partial charge in [-0.1, -0.05) is 5.16 Å². The summed E-state index contributed by atoms with van der Waals surface area (Å²) in [5.74, 6) is 0.909. The van der Waals surface area contributed by atoms with Gasteiger partial charge in [0.25, 0.3) is 0 Å². The van der Waals surface area contributed by atoms with E-state index < -0.39 is 24.0 Å². The maximum Gasteiger partial charge on any atom is 0.405 e. The minimum absolute atomic E-state index is 0.142. The Kier molecular flexibility index (Phi) is 3.41. The molecule has 1 N–H and O–H groups in total. The van der Waals surface area contributed by atoms with Gasteiger partial charge in [0, 0.05) is 11.6 Å². The number of carbonyl (C=O) groups is 1. The summed E-state index contributed by atoms with van der Waals surface area (Å²) in [5, 5.41) is 5.82. The van der Waals surface area contributed by atoms with E-state index in [4.69, 9.17) is 14.0 Å². The van der Waals surface area contributed by atoms with E-state index in [-0.39, 0.29) is 6.79 Å². The number of amides is 1. The second kappa shape index (κ2) is 5.40. The van der Waals surface area contributed by atoms with Crippen molar-refractivity contribution in [3.63, 3.8) is 0 Å². The minimum atomic E-state index is -4.45. The van der Waals surface area contributed by atoms with Gasteiger partial charge in [0.2, 0.25) is 12.7 Å². The maximum atomic E-state index is 12.3. The molecule has 1 amide bonds. The number of nitrogens with zero attached hydrogens (tertiary/aromatic N) is 1. The van der Waals surface area contributed by atoms with Crippen molar-refractivity contribution < 1.29 is 32.0 Å². The van der Waals surface area contributed by atoms with E-state index in [1.165, 1.54) is 0 Å². The van der Waals surface area contributed by atoms with Crippen LogP contribution in [0.15, 0.2) is 28.8 Å². The second-order valence-electron chi connectivity index (χ2n) is 6.02. The first-order valence-electron chi connectivity index (χ1n) is 7.60. The zero-order chi connectivity index (χ0) is 17.7. The van der Waals surface area contributed by atoms with Gasteiger partial charge >= 0.3 is 6.18 Å². The molecule has 2 aliphatic rings. The van der Waals surface area contributed by atoms with Crippen LogP contribution in [-0.2, 0) is 10.2 Å². The molecule has 0 spiro atoms. The number of fused-ring (bicyclic) bond motifs is 1. The van der Waals surface area contributed by atoms with E-state index in [2.05, 4.69) is 5.16 Å². The lowest BCUT2D eigenvalue weighted by molar-refractivity contribution is -0.140. The normalized spacial score (nSPS) is 17.4. The van der Waals surface area contributed by atoms with Crippen molar-refractivity contribution in [2.45, 2.75) is 24.4 Å². The number of alkyl halides is 3. The van der Waals surface area contributed by atoms with Crippen LogP contribution in [0.3, 0.4) is 0 Å². The quantitative estimate of drug-likeness (QED) is 0.914. The molecule has 1 aromatic carbocycles. The molecule has 1 aromatic heterocycles. The summed E-state index contributed by atoms with van der Waals surface area (Å²) in [7, 11) is 0. The zero-order valence-corrected chi connectivity index (χ0v) is 12.9. The molecule has 4 rings (SSSR count). The molecular formula is C16H13F3N2O4. The highest BCUT2D eigenvalue weighted by molar-refractivity contribution is 5.91. The smallest absolute Gasteiger partial charge is 0.405 e. The molecular weight excluding hydrogens is 341 g/mol. The number of benzene rings is 1. The van der Waals surface area contributed by atoms with Gasteiger partial charge in [-0.25, -0.2) is 0 Å². The highest BCUT2D eigenvalue weighted by Crippen LogP contribution is 2.49. The lowest BCUT2D eigenvalue weighted by Crippen LogP contribution is -2.40. The van der Waals surface area contributed by atoms with Gasteiger partial charge in [-0.05, 0) is 31.0 Å². The van der Waals surface area contributed by atoms with Crippen molar-refractivity contribution in [3.05, 3.63) is 30.0 Å². The number of hydrogen-bond acceptors (Lipinski definition) is 5. The van der Waals surface area contributed by atoms with Gasteiger partial charge < -0.3 is 19.3 Å². The summed E-state index contributed by atoms with van der Waals surface area (Å²) in [6.07, 6.45) is -3.58. The van der Waals surface area contributed by atoms with Gasteiger partial charge in [0.1, 0.15) is 6.54 Å². The monoisotopic (exact) mass is 354 g/mol. The average molecular weight is 354 g/mol. The molecule has 1 saturated carbocycles.